The van der Waals surface area contributed by atoms with Crippen LogP contribution in [-0.4, -0.2) is 84.3 Å². The van der Waals surface area contributed by atoms with E-state index >= 15 is 0 Å². The lowest BCUT2D eigenvalue weighted by molar-refractivity contribution is -0.137. The van der Waals surface area contributed by atoms with Gasteiger partial charge in [0.15, 0.2) is 0 Å². The molecule has 2 fully saturated rings. The Kier molecular flexibility index (Phi) is 7.25. The second kappa shape index (κ2) is 9.87. The summed E-state index contributed by atoms with van der Waals surface area (Å²) in [5.41, 5.74) is 1.20. The topological polar surface area (TPSA) is 73.0 Å². The van der Waals surface area contributed by atoms with Gasteiger partial charge in [0.05, 0.1) is 12.5 Å². The number of hydrogen-bond donors (Lipinski definition) is 1. The first-order chi connectivity index (χ1) is 13.9. The second-order valence-electron chi connectivity index (χ2n) is 8.30. The molecule has 3 rings (SSSR count). The number of piperazine rings is 1. The molecule has 7 nitrogen and oxygen atoms in total. The number of carbonyl (C=O) groups excluding carboxylic acids is 3. The van der Waals surface area contributed by atoms with Crippen LogP contribution in [0.5, 0.6) is 0 Å². The van der Waals surface area contributed by atoms with Gasteiger partial charge in [-0.15, -0.1) is 0 Å². The Hall–Kier alpha value is -2.41. The Labute approximate surface area is 173 Å². The molecular formula is C22H32N4O3. The van der Waals surface area contributed by atoms with Crippen LogP contribution in [-0.2, 0) is 20.8 Å². The summed E-state index contributed by atoms with van der Waals surface area (Å²) in [7, 11) is 0. The molecule has 0 aliphatic carbocycles. The maximum Gasteiger partial charge on any atom is 0.234 e. The maximum atomic E-state index is 12.9. The van der Waals surface area contributed by atoms with Crippen LogP contribution in [0.1, 0.15) is 25.8 Å². The Morgan fingerprint density at radius 2 is 1.79 bits per heavy atom. The lowest BCUT2D eigenvalue weighted by Gasteiger charge is -2.35. The van der Waals surface area contributed by atoms with Crippen LogP contribution >= 0.6 is 0 Å². The third-order valence-electron chi connectivity index (χ3n) is 5.58. The fraction of sp³-hybridized carbons (Fsp3) is 0.591. The van der Waals surface area contributed by atoms with Crippen molar-refractivity contribution in [1.29, 1.82) is 0 Å². The number of likely N-dealkylation sites (tertiary alicyclic amines) is 1. The molecule has 0 saturated carbocycles. The SMILES string of the molecule is CC(C)NC(=O)CN1CCN(C(=O)C2CC(=O)N(CCc3ccccc3)C2)CC1. The fourth-order valence-electron chi connectivity index (χ4n) is 4.02. The summed E-state index contributed by atoms with van der Waals surface area (Å²) in [4.78, 5) is 42.9. The molecule has 3 amide bonds. The van der Waals surface area contributed by atoms with Crippen LogP contribution in [0.3, 0.4) is 0 Å². The van der Waals surface area contributed by atoms with Crippen LogP contribution in [0.2, 0.25) is 0 Å². The van der Waals surface area contributed by atoms with Crippen LogP contribution in [0, 0.1) is 5.92 Å². The third kappa shape index (κ3) is 6.03. The summed E-state index contributed by atoms with van der Waals surface area (Å²) in [5.74, 6) is -0.0700. The van der Waals surface area contributed by atoms with Crippen molar-refractivity contribution in [1.82, 2.24) is 20.0 Å². The lowest BCUT2D eigenvalue weighted by atomic mass is 10.1. The van der Waals surface area contributed by atoms with Crippen molar-refractivity contribution >= 4 is 17.7 Å². The summed E-state index contributed by atoms with van der Waals surface area (Å²) >= 11 is 0. The van der Waals surface area contributed by atoms with E-state index in [0.29, 0.717) is 52.2 Å². The number of carbonyl (C=O) groups is 3. The van der Waals surface area contributed by atoms with Crippen molar-refractivity contribution < 1.29 is 14.4 Å². The predicted molar refractivity (Wildman–Crippen MR) is 111 cm³/mol. The molecule has 7 heteroatoms. The monoisotopic (exact) mass is 400 g/mol. The van der Waals surface area contributed by atoms with Gasteiger partial charge < -0.3 is 15.1 Å². The second-order valence-corrected chi connectivity index (χ2v) is 8.30. The van der Waals surface area contributed by atoms with E-state index in [9.17, 15) is 14.4 Å². The van der Waals surface area contributed by atoms with Gasteiger partial charge in [-0.05, 0) is 25.8 Å². The Morgan fingerprint density at radius 1 is 1.10 bits per heavy atom. The average Bonchev–Trinajstić information content (AvgIpc) is 3.07. The molecule has 0 bridgehead atoms. The summed E-state index contributed by atoms with van der Waals surface area (Å²) in [5, 5.41) is 2.90. The number of nitrogens with one attached hydrogen (secondary N) is 1. The highest BCUT2D eigenvalue weighted by molar-refractivity contribution is 5.89. The summed E-state index contributed by atoms with van der Waals surface area (Å²) in [6.45, 7) is 8.04. The van der Waals surface area contributed by atoms with Gasteiger partial charge in [0.1, 0.15) is 0 Å². The minimum atomic E-state index is -0.242. The van der Waals surface area contributed by atoms with E-state index in [0.717, 1.165) is 6.42 Å². The predicted octanol–water partition coefficient (Wildman–Crippen LogP) is 0.746. The number of nitrogens with zero attached hydrogens (tertiary/aromatic N) is 3. The minimum absolute atomic E-state index is 0.0234. The smallest absolute Gasteiger partial charge is 0.234 e. The molecule has 2 aliphatic heterocycles. The molecule has 158 valence electrons. The molecule has 1 atom stereocenters. The van der Waals surface area contributed by atoms with Gasteiger partial charge >= 0.3 is 0 Å². The summed E-state index contributed by atoms with van der Waals surface area (Å²) in [6.07, 6.45) is 1.12. The molecule has 2 saturated heterocycles. The maximum absolute atomic E-state index is 12.9. The van der Waals surface area contributed by atoms with Crippen LogP contribution in [0.25, 0.3) is 0 Å². The molecular weight excluding hydrogens is 368 g/mol. The molecule has 1 N–H and O–H groups in total. The van der Waals surface area contributed by atoms with Crippen LogP contribution < -0.4 is 5.32 Å². The highest BCUT2D eigenvalue weighted by atomic mass is 16.2. The van der Waals surface area contributed by atoms with Gasteiger partial charge in [-0.3, -0.25) is 19.3 Å². The van der Waals surface area contributed by atoms with Crippen LogP contribution in [0.15, 0.2) is 30.3 Å². The molecule has 29 heavy (non-hydrogen) atoms. The average molecular weight is 401 g/mol. The van der Waals surface area contributed by atoms with Gasteiger partial charge in [-0.1, -0.05) is 30.3 Å². The van der Waals surface area contributed by atoms with Crippen LogP contribution in [0.4, 0.5) is 0 Å². The third-order valence-corrected chi connectivity index (χ3v) is 5.58. The molecule has 2 heterocycles. The number of benzene rings is 1. The van der Waals surface area contributed by atoms with E-state index in [4.69, 9.17) is 0 Å². The summed E-state index contributed by atoms with van der Waals surface area (Å²) in [6, 6.07) is 10.2. The van der Waals surface area contributed by atoms with Crippen molar-refractivity contribution in [3.8, 4) is 0 Å². The molecule has 2 aliphatic rings. The highest BCUT2D eigenvalue weighted by Crippen LogP contribution is 2.21. The standard InChI is InChI=1S/C22H32N4O3/c1-17(2)23-20(27)16-24-10-12-25(13-11-24)22(29)19-14-21(28)26(15-19)9-8-18-6-4-3-5-7-18/h3-7,17,19H,8-16H2,1-2H3,(H,23,27). The zero-order valence-corrected chi connectivity index (χ0v) is 17.5. The van der Waals surface area contributed by atoms with Crippen molar-refractivity contribution in [2.75, 3.05) is 45.8 Å². The molecule has 1 aromatic carbocycles. The lowest BCUT2D eigenvalue weighted by Crippen LogP contribution is -2.52. The highest BCUT2D eigenvalue weighted by Gasteiger charge is 2.37. The number of rotatable bonds is 7. The zero-order chi connectivity index (χ0) is 20.8. The minimum Gasteiger partial charge on any atom is -0.353 e. The Bertz CT molecular complexity index is 714. The first-order valence-electron chi connectivity index (χ1n) is 10.5. The quantitative estimate of drug-likeness (QED) is 0.733. The van der Waals surface area contributed by atoms with E-state index in [1.807, 2.05) is 41.8 Å². The zero-order valence-electron chi connectivity index (χ0n) is 17.5. The Balaban J connectivity index is 1.43. The first kappa shape index (κ1) is 21.3. The number of amides is 3. The van der Waals surface area contributed by atoms with Gasteiger partial charge in [0.2, 0.25) is 17.7 Å². The molecule has 0 spiro atoms. The van der Waals surface area contributed by atoms with Gasteiger partial charge in [-0.25, -0.2) is 0 Å². The van der Waals surface area contributed by atoms with E-state index in [1.165, 1.54) is 5.56 Å². The van der Waals surface area contributed by atoms with E-state index in [-0.39, 0.29) is 29.7 Å². The molecule has 0 aromatic heterocycles. The van der Waals surface area contributed by atoms with Gasteiger partial charge in [-0.2, -0.15) is 0 Å². The molecule has 1 unspecified atom stereocenters. The van der Waals surface area contributed by atoms with Crippen molar-refractivity contribution in [3.63, 3.8) is 0 Å². The van der Waals surface area contributed by atoms with E-state index in [1.54, 1.807) is 0 Å². The van der Waals surface area contributed by atoms with E-state index in [2.05, 4.69) is 22.3 Å². The fourth-order valence-corrected chi connectivity index (χ4v) is 4.02. The van der Waals surface area contributed by atoms with Crippen molar-refractivity contribution in [2.45, 2.75) is 32.7 Å². The molecule has 1 aromatic rings. The van der Waals surface area contributed by atoms with E-state index < -0.39 is 0 Å². The van der Waals surface area contributed by atoms with Crippen molar-refractivity contribution in [3.05, 3.63) is 35.9 Å². The van der Waals surface area contributed by atoms with Gasteiger partial charge in [0.25, 0.3) is 0 Å². The van der Waals surface area contributed by atoms with Crippen molar-refractivity contribution in [2.24, 2.45) is 5.92 Å². The number of hydrogen-bond acceptors (Lipinski definition) is 4. The van der Waals surface area contributed by atoms with Gasteiger partial charge in [0, 0.05) is 51.7 Å². The first-order valence-corrected chi connectivity index (χ1v) is 10.5. The largest absolute Gasteiger partial charge is 0.353 e. The Morgan fingerprint density at radius 3 is 2.45 bits per heavy atom. The normalized spacial score (nSPS) is 20.4. The molecule has 0 radical (unpaired) electrons. The summed E-state index contributed by atoms with van der Waals surface area (Å²) < 4.78 is 0.